The Bertz CT molecular complexity index is 908. The first-order valence-electron chi connectivity index (χ1n) is 8.50. The molecule has 0 saturated heterocycles. The molecule has 1 heterocycles. The molecular formula is C20H19ClN2O3. The average molecular weight is 371 g/mol. The highest BCUT2D eigenvalue weighted by molar-refractivity contribution is 6.30. The van der Waals surface area contributed by atoms with E-state index in [0.717, 1.165) is 18.4 Å². The van der Waals surface area contributed by atoms with Crippen molar-refractivity contribution >= 4 is 35.0 Å². The zero-order chi connectivity index (χ0) is 18.8. The van der Waals surface area contributed by atoms with Gasteiger partial charge in [0, 0.05) is 22.8 Å². The van der Waals surface area contributed by atoms with Gasteiger partial charge in [0.2, 0.25) is 0 Å². The van der Waals surface area contributed by atoms with Gasteiger partial charge in [-0.25, -0.2) is 0 Å². The number of hydrogen-bond acceptors (Lipinski definition) is 3. The molecule has 0 aromatic heterocycles. The zero-order valence-corrected chi connectivity index (χ0v) is 15.4. The Morgan fingerprint density at radius 3 is 2.50 bits per heavy atom. The van der Waals surface area contributed by atoms with Crippen molar-refractivity contribution in [1.82, 2.24) is 4.90 Å². The Balaban J connectivity index is 1.84. The third-order valence-corrected chi connectivity index (χ3v) is 4.64. The maximum Gasteiger partial charge on any atom is 0.261 e. The summed E-state index contributed by atoms with van der Waals surface area (Å²) >= 11 is 5.93. The fourth-order valence-corrected chi connectivity index (χ4v) is 3.14. The van der Waals surface area contributed by atoms with Crippen LogP contribution in [0.5, 0.6) is 0 Å². The standard InChI is InChI=1S/C20H19ClN2O3/c1-3-4-9-23-19(25)15-7-5-13(11-16(15)20(23)26)18(24)22-17-8-6-14(21)10-12(17)2/h5-8,10-11H,3-4,9H2,1-2H3,(H,22,24). The minimum absolute atomic E-state index is 0.284. The summed E-state index contributed by atoms with van der Waals surface area (Å²) in [4.78, 5) is 38.6. The van der Waals surface area contributed by atoms with Crippen molar-refractivity contribution in [3.8, 4) is 0 Å². The molecule has 5 nitrogen and oxygen atoms in total. The summed E-state index contributed by atoms with van der Waals surface area (Å²) in [6.45, 7) is 4.24. The van der Waals surface area contributed by atoms with Crippen LogP contribution < -0.4 is 5.32 Å². The number of unbranched alkanes of at least 4 members (excludes halogenated alkanes) is 1. The highest BCUT2D eigenvalue weighted by Crippen LogP contribution is 2.25. The third-order valence-electron chi connectivity index (χ3n) is 4.40. The molecule has 2 aromatic rings. The van der Waals surface area contributed by atoms with E-state index >= 15 is 0 Å². The van der Waals surface area contributed by atoms with Gasteiger partial charge in [-0.05, 0) is 55.3 Å². The van der Waals surface area contributed by atoms with Crippen LogP contribution in [0.3, 0.4) is 0 Å². The molecule has 0 saturated carbocycles. The van der Waals surface area contributed by atoms with E-state index in [2.05, 4.69) is 5.32 Å². The van der Waals surface area contributed by atoms with E-state index in [9.17, 15) is 14.4 Å². The summed E-state index contributed by atoms with van der Waals surface area (Å²) in [7, 11) is 0. The molecule has 1 aliphatic heterocycles. The number of carbonyl (C=O) groups is 3. The molecule has 0 atom stereocenters. The van der Waals surface area contributed by atoms with Crippen molar-refractivity contribution in [2.45, 2.75) is 26.7 Å². The number of imide groups is 1. The maximum atomic E-state index is 12.5. The zero-order valence-electron chi connectivity index (χ0n) is 14.6. The lowest BCUT2D eigenvalue weighted by molar-refractivity contribution is 0.0652. The molecular weight excluding hydrogens is 352 g/mol. The van der Waals surface area contributed by atoms with E-state index in [4.69, 9.17) is 11.6 Å². The Labute approximate surface area is 156 Å². The van der Waals surface area contributed by atoms with E-state index in [1.807, 2.05) is 13.8 Å². The van der Waals surface area contributed by atoms with Gasteiger partial charge in [-0.3, -0.25) is 19.3 Å². The summed E-state index contributed by atoms with van der Waals surface area (Å²) < 4.78 is 0. The fraction of sp³-hybridized carbons (Fsp3) is 0.250. The molecule has 1 N–H and O–H groups in total. The molecule has 26 heavy (non-hydrogen) atoms. The van der Waals surface area contributed by atoms with Crippen molar-refractivity contribution in [2.75, 3.05) is 11.9 Å². The summed E-state index contributed by atoms with van der Waals surface area (Å²) in [6.07, 6.45) is 1.65. The quantitative estimate of drug-likeness (QED) is 0.798. The van der Waals surface area contributed by atoms with Crippen LogP contribution in [0.25, 0.3) is 0 Å². The van der Waals surface area contributed by atoms with Crippen molar-refractivity contribution in [3.05, 3.63) is 63.7 Å². The van der Waals surface area contributed by atoms with Crippen LogP contribution in [-0.4, -0.2) is 29.2 Å². The topological polar surface area (TPSA) is 66.5 Å². The molecule has 134 valence electrons. The van der Waals surface area contributed by atoms with Gasteiger partial charge in [0.25, 0.3) is 17.7 Å². The van der Waals surface area contributed by atoms with Gasteiger partial charge in [0.1, 0.15) is 0 Å². The number of anilines is 1. The van der Waals surface area contributed by atoms with E-state index in [-0.39, 0.29) is 23.3 Å². The van der Waals surface area contributed by atoms with Gasteiger partial charge in [0.05, 0.1) is 11.1 Å². The number of carbonyl (C=O) groups excluding carboxylic acids is 3. The molecule has 0 bridgehead atoms. The number of nitrogens with one attached hydrogen (secondary N) is 1. The first-order chi connectivity index (χ1) is 12.4. The van der Waals surface area contributed by atoms with Gasteiger partial charge in [-0.2, -0.15) is 0 Å². The van der Waals surface area contributed by atoms with Gasteiger partial charge < -0.3 is 5.32 Å². The SMILES string of the molecule is CCCCN1C(=O)c2ccc(C(=O)Nc3ccc(Cl)cc3C)cc2C1=O. The Morgan fingerprint density at radius 2 is 1.81 bits per heavy atom. The highest BCUT2D eigenvalue weighted by atomic mass is 35.5. The molecule has 3 rings (SSSR count). The highest BCUT2D eigenvalue weighted by Gasteiger charge is 2.35. The second-order valence-corrected chi connectivity index (χ2v) is 6.73. The summed E-state index contributed by atoms with van der Waals surface area (Å²) in [5.41, 5.74) is 2.45. The van der Waals surface area contributed by atoms with Crippen LogP contribution in [0.15, 0.2) is 36.4 Å². The Hall–Kier alpha value is -2.66. The van der Waals surface area contributed by atoms with Crippen molar-refractivity contribution < 1.29 is 14.4 Å². The maximum absolute atomic E-state index is 12.5. The average Bonchev–Trinajstić information content (AvgIpc) is 2.86. The smallest absolute Gasteiger partial charge is 0.261 e. The summed E-state index contributed by atoms with van der Waals surface area (Å²) in [5.74, 6) is -0.972. The van der Waals surface area contributed by atoms with E-state index in [0.29, 0.717) is 28.4 Å². The molecule has 6 heteroatoms. The number of fused-ring (bicyclic) bond motifs is 1. The van der Waals surface area contributed by atoms with Gasteiger partial charge in [0.15, 0.2) is 0 Å². The number of rotatable bonds is 5. The number of halogens is 1. The number of benzene rings is 2. The van der Waals surface area contributed by atoms with E-state index < -0.39 is 0 Å². The molecule has 0 spiro atoms. The first kappa shape index (κ1) is 18.1. The lowest BCUT2D eigenvalue weighted by Gasteiger charge is -2.12. The predicted molar refractivity (Wildman–Crippen MR) is 101 cm³/mol. The van der Waals surface area contributed by atoms with Crippen LogP contribution in [0, 0.1) is 6.92 Å². The minimum atomic E-state index is -0.342. The molecule has 3 amide bonds. The Kier molecular flexibility index (Phi) is 5.09. The predicted octanol–water partition coefficient (Wildman–Crippen LogP) is 4.30. The second kappa shape index (κ2) is 7.30. The second-order valence-electron chi connectivity index (χ2n) is 6.29. The third kappa shape index (κ3) is 3.35. The molecule has 1 aliphatic rings. The van der Waals surface area contributed by atoms with E-state index in [1.54, 1.807) is 30.3 Å². The van der Waals surface area contributed by atoms with Crippen LogP contribution in [-0.2, 0) is 0 Å². The molecule has 0 fully saturated rings. The lowest BCUT2D eigenvalue weighted by atomic mass is 10.0. The molecule has 0 radical (unpaired) electrons. The summed E-state index contributed by atoms with van der Waals surface area (Å²) in [5, 5.41) is 3.40. The number of aryl methyl sites for hydroxylation is 1. The first-order valence-corrected chi connectivity index (χ1v) is 8.88. The van der Waals surface area contributed by atoms with Crippen LogP contribution >= 0.6 is 11.6 Å². The van der Waals surface area contributed by atoms with Crippen molar-refractivity contribution in [1.29, 1.82) is 0 Å². The number of nitrogens with zero attached hydrogens (tertiary/aromatic N) is 1. The van der Waals surface area contributed by atoms with Gasteiger partial charge >= 0.3 is 0 Å². The molecule has 0 unspecified atom stereocenters. The number of hydrogen-bond donors (Lipinski definition) is 1. The van der Waals surface area contributed by atoms with Gasteiger partial charge in [-0.1, -0.05) is 24.9 Å². The van der Waals surface area contributed by atoms with Crippen molar-refractivity contribution in [2.24, 2.45) is 0 Å². The van der Waals surface area contributed by atoms with Crippen LogP contribution in [0.4, 0.5) is 5.69 Å². The van der Waals surface area contributed by atoms with E-state index in [1.165, 1.54) is 11.0 Å². The molecule has 2 aromatic carbocycles. The normalized spacial score (nSPS) is 13.1. The number of amides is 3. The Morgan fingerprint density at radius 1 is 1.08 bits per heavy atom. The van der Waals surface area contributed by atoms with Crippen LogP contribution in [0.2, 0.25) is 5.02 Å². The molecule has 0 aliphatic carbocycles. The minimum Gasteiger partial charge on any atom is -0.322 e. The van der Waals surface area contributed by atoms with Gasteiger partial charge in [-0.15, -0.1) is 0 Å². The largest absolute Gasteiger partial charge is 0.322 e. The fourth-order valence-electron chi connectivity index (χ4n) is 2.91. The van der Waals surface area contributed by atoms with Crippen LogP contribution in [0.1, 0.15) is 56.4 Å². The lowest BCUT2D eigenvalue weighted by Crippen LogP contribution is -2.30. The monoisotopic (exact) mass is 370 g/mol. The van der Waals surface area contributed by atoms with Crippen molar-refractivity contribution in [3.63, 3.8) is 0 Å². The summed E-state index contributed by atoms with van der Waals surface area (Å²) in [6, 6.07) is 9.78.